The van der Waals surface area contributed by atoms with Gasteiger partial charge in [-0.15, -0.1) is 0 Å². The molecule has 1 aromatic carbocycles. The molecule has 0 spiro atoms. The van der Waals surface area contributed by atoms with Crippen LogP contribution in [0.25, 0.3) is 0 Å². The van der Waals surface area contributed by atoms with Gasteiger partial charge in [0.05, 0.1) is 0 Å². The van der Waals surface area contributed by atoms with Crippen molar-refractivity contribution in [3.8, 4) is 0 Å². The zero-order chi connectivity index (χ0) is 12.9. The van der Waals surface area contributed by atoms with E-state index in [4.69, 9.17) is 0 Å². The Hall–Kier alpha value is -0.820. The second-order valence-corrected chi connectivity index (χ2v) is 7.03. The van der Waals surface area contributed by atoms with E-state index < -0.39 is 0 Å². The lowest BCUT2D eigenvalue weighted by atomic mass is 9.79. The Morgan fingerprint density at radius 3 is 2.84 bits per heavy atom. The summed E-state index contributed by atoms with van der Waals surface area (Å²) in [7, 11) is 0. The van der Waals surface area contributed by atoms with Gasteiger partial charge in [-0.25, -0.2) is 0 Å². The van der Waals surface area contributed by atoms with Crippen LogP contribution in [0.4, 0.5) is 0 Å². The van der Waals surface area contributed by atoms with Gasteiger partial charge in [0.1, 0.15) is 0 Å². The van der Waals surface area contributed by atoms with Crippen LogP contribution in [-0.4, -0.2) is 23.5 Å². The molecule has 2 saturated heterocycles. The molecule has 0 aromatic heterocycles. The Balaban J connectivity index is 1.55. The maximum atomic E-state index is 2.90. The zero-order valence-electron chi connectivity index (χ0n) is 12.0. The smallest absolute Gasteiger partial charge is 0.0184 e. The first-order chi connectivity index (χ1) is 9.32. The fraction of sp³-hybridized carbons (Fsp3) is 0.667. The van der Waals surface area contributed by atoms with Crippen LogP contribution in [0.5, 0.6) is 0 Å². The Labute approximate surface area is 117 Å². The topological polar surface area (TPSA) is 3.24 Å². The van der Waals surface area contributed by atoms with Crippen LogP contribution in [0.3, 0.4) is 0 Å². The second kappa shape index (κ2) is 4.34. The quantitative estimate of drug-likeness (QED) is 0.792. The van der Waals surface area contributed by atoms with E-state index in [9.17, 15) is 0 Å². The molecular weight excluding hydrogens is 230 g/mol. The number of hydrogen-bond acceptors (Lipinski definition) is 1. The van der Waals surface area contributed by atoms with Crippen molar-refractivity contribution >= 4 is 0 Å². The highest BCUT2D eigenvalue weighted by molar-refractivity contribution is 5.19. The van der Waals surface area contributed by atoms with Crippen LogP contribution in [-0.2, 0) is 6.42 Å². The van der Waals surface area contributed by atoms with Crippen molar-refractivity contribution in [2.75, 3.05) is 6.54 Å². The highest BCUT2D eigenvalue weighted by atomic mass is 15.3. The third kappa shape index (κ3) is 1.71. The zero-order valence-corrected chi connectivity index (χ0v) is 12.0. The van der Waals surface area contributed by atoms with Crippen molar-refractivity contribution in [3.05, 3.63) is 35.9 Å². The normalized spacial score (nSPS) is 40.8. The predicted octanol–water partition coefficient (Wildman–Crippen LogP) is 3.88. The fourth-order valence-electron chi connectivity index (χ4n) is 5.46. The SMILES string of the molecule is CC[C@]12CC[C@@H]3C[C@@H](Cc4ccccc4)N(CC1)[C@@H]32. The Morgan fingerprint density at radius 2 is 2.05 bits per heavy atom. The van der Waals surface area contributed by atoms with Gasteiger partial charge < -0.3 is 0 Å². The van der Waals surface area contributed by atoms with E-state index in [0.29, 0.717) is 5.41 Å². The van der Waals surface area contributed by atoms with E-state index in [1.807, 2.05) is 0 Å². The van der Waals surface area contributed by atoms with Gasteiger partial charge in [0.25, 0.3) is 0 Å². The number of rotatable bonds is 3. The summed E-state index contributed by atoms with van der Waals surface area (Å²) in [4.78, 5) is 2.90. The molecule has 0 radical (unpaired) electrons. The van der Waals surface area contributed by atoms with Gasteiger partial charge in [0, 0.05) is 12.1 Å². The monoisotopic (exact) mass is 255 g/mol. The van der Waals surface area contributed by atoms with Gasteiger partial charge in [-0.05, 0) is 62.0 Å². The van der Waals surface area contributed by atoms with Crippen LogP contribution in [0.1, 0.15) is 44.6 Å². The van der Waals surface area contributed by atoms with Gasteiger partial charge in [0.2, 0.25) is 0 Å². The molecule has 4 atom stereocenters. The predicted molar refractivity (Wildman–Crippen MR) is 79.1 cm³/mol. The molecule has 0 unspecified atom stereocenters. The van der Waals surface area contributed by atoms with Crippen molar-refractivity contribution in [2.24, 2.45) is 11.3 Å². The lowest BCUT2D eigenvalue weighted by Gasteiger charge is -2.31. The van der Waals surface area contributed by atoms with E-state index in [-0.39, 0.29) is 0 Å². The molecule has 1 aromatic rings. The van der Waals surface area contributed by atoms with E-state index in [0.717, 1.165) is 18.0 Å². The molecule has 2 heterocycles. The minimum atomic E-state index is 0.704. The minimum Gasteiger partial charge on any atom is -0.296 e. The third-order valence-electron chi connectivity index (χ3n) is 6.37. The van der Waals surface area contributed by atoms with Crippen molar-refractivity contribution in [1.29, 1.82) is 0 Å². The highest BCUT2D eigenvalue weighted by Gasteiger charge is 2.58. The largest absolute Gasteiger partial charge is 0.296 e. The molecule has 3 fully saturated rings. The molecule has 19 heavy (non-hydrogen) atoms. The average molecular weight is 255 g/mol. The summed E-state index contributed by atoms with van der Waals surface area (Å²) in [5.74, 6) is 1.01. The molecule has 0 bridgehead atoms. The van der Waals surface area contributed by atoms with Gasteiger partial charge in [-0.1, -0.05) is 37.3 Å². The molecule has 1 nitrogen and oxygen atoms in total. The standard InChI is InChI=1S/C18H25N/c1-2-18-9-8-15-13-16(19(11-10-18)17(15)18)12-14-6-4-3-5-7-14/h3-7,15-17H,2,8-13H2,1H3/t15-,16-,17+,18+/m1/s1. The van der Waals surface area contributed by atoms with Crippen LogP contribution in [0, 0.1) is 11.3 Å². The van der Waals surface area contributed by atoms with Crippen LogP contribution >= 0.6 is 0 Å². The highest BCUT2D eigenvalue weighted by Crippen LogP contribution is 2.59. The summed E-state index contributed by atoms with van der Waals surface area (Å²) >= 11 is 0. The molecule has 0 N–H and O–H groups in total. The Bertz CT molecular complexity index is 454. The first-order valence-electron chi connectivity index (χ1n) is 8.12. The van der Waals surface area contributed by atoms with Crippen LogP contribution in [0.15, 0.2) is 30.3 Å². The molecule has 0 amide bonds. The summed E-state index contributed by atoms with van der Waals surface area (Å²) in [6.45, 7) is 3.79. The van der Waals surface area contributed by atoms with Gasteiger partial charge in [-0.2, -0.15) is 0 Å². The molecule has 1 heteroatoms. The van der Waals surface area contributed by atoms with Gasteiger partial charge >= 0.3 is 0 Å². The van der Waals surface area contributed by atoms with Gasteiger partial charge in [0.15, 0.2) is 0 Å². The number of benzene rings is 1. The summed E-state index contributed by atoms with van der Waals surface area (Å²) in [5, 5.41) is 0. The molecule has 4 rings (SSSR count). The molecule has 1 aliphatic carbocycles. The summed E-state index contributed by atoms with van der Waals surface area (Å²) in [6.07, 6.45) is 8.61. The summed E-state index contributed by atoms with van der Waals surface area (Å²) < 4.78 is 0. The minimum absolute atomic E-state index is 0.704. The van der Waals surface area contributed by atoms with Crippen molar-refractivity contribution in [1.82, 2.24) is 4.90 Å². The second-order valence-electron chi connectivity index (χ2n) is 7.03. The molecule has 3 aliphatic rings. The number of nitrogens with zero attached hydrogens (tertiary/aromatic N) is 1. The molecule has 2 aliphatic heterocycles. The first-order valence-corrected chi connectivity index (χ1v) is 8.12. The summed E-state index contributed by atoms with van der Waals surface area (Å²) in [6, 6.07) is 12.9. The lowest BCUT2D eigenvalue weighted by Crippen LogP contribution is -2.37. The van der Waals surface area contributed by atoms with E-state index in [1.165, 1.54) is 50.6 Å². The summed E-state index contributed by atoms with van der Waals surface area (Å²) in [5.41, 5.74) is 2.23. The maximum Gasteiger partial charge on any atom is 0.0184 e. The van der Waals surface area contributed by atoms with Crippen molar-refractivity contribution in [2.45, 2.75) is 57.5 Å². The first kappa shape index (κ1) is 12.0. The molecule has 1 saturated carbocycles. The molecular formula is C18H25N. The van der Waals surface area contributed by atoms with E-state index >= 15 is 0 Å². The Morgan fingerprint density at radius 1 is 1.21 bits per heavy atom. The maximum absolute atomic E-state index is 2.90. The van der Waals surface area contributed by atoms with Crippen LogP contribution in [0.2, 0.25) is 0 Å². The van der Waals surface area contributed by atoms with Gasteiger partial charge in [-0.3, -0.25) is 4.90 Å². The van der Waals surface area contributed by atoms with E-state index in [2.05, 4.69) is 42.2 Å². The molecule has 102 valence electrons. The Kier molecular flexibility index (Phi) is 2.73. The average Bonchev–Trinajstić information content (AvgIpc) is 3.07. The fourth-order valence-corrected chi connectivity index (χ4v) is 5.46. The number of hydrogen-bond donors (Lipinski definition) is 0. The van der Waals surface area contributed by atoms with Crippen molar-refractivity contribution < 1.29 is 0 Å². The van der Waals surface area contributed by atoms with Crippen molar-refractivity contribution in [3.63, 3.8) is 0 Å². The lowest BCUT2D eigenvalue weighted by molar-refractivity contribution is 0.173. The van der Waals surface area contributed by atoms with Crippen LogP contribution < -0.4 is 0 Å². The third-order valence-corrected chi connectivity index (χ3v) is 6.37. The van der Waals surface area contributed by atoms with E-state index in [1.54, 1.807) is 0 Å².